The lowest BCUT2D eigenvalue weighted by Gasteiger charge is -2.29. The van der Waals surface area contributed by atoms with Crippen LogP contribution in [0.4, 0.5) is 5.69 Å². The second kappa shape index (κ2) is 8.99. The van der Waals surface area contributed by atoms with E-state index in [0.29, 0.717) is 0 Å². The number of methoxy groups -OCH3 is 1. The van der Waals surface area contributed by atoms with Gasteiger partial charge in [0.15, 0.2) is 0 Å². The number of aliphatic hydroxyl groups excluding tert-OH is 1. The van der Waals surface area contributed by atoms with Crippen LogP contribution in [0.25, 0.3) is 0 Å². The summed E-state index contributed by atoms with van der Waals surface area (Å²) in [7, 11) is 1.12. The number of aliphatic hydroxyl groups is 1. The molecule has 29 heavy (non-hydrogen) atoms. The predicted molar refractivity (Wildman–Crippen MR) is 99.0 cm³/mol. The second-order valence-corrected chi connectivity index (χ2v) is 6.29. The molecule has 1 aliphatic rings. The number of dihydropyridines is 1. The highest BCUT2D eigenvalue weighted by Gasteiger charge is 2.39. The molecule has 2 atom stereocenters. The highest BCUT2D eigenvalue weighted by molar-refractivity contribution is 6.00. The molecular formula is C19H19N3O7. The van der Waals surface area contributed by atoms with Crippen molar-refractivity contribution in [2.75, 3.05) is 13.7 Å². The molecule has 152 valence electrons. The Balaban J connectivity index is 2.70. The molecule has 1 aromatic rings. The van der Waals surface area contributed by atoms with E-state index in [0.717, 1.165) is 7.11 Å². The first-order valence-electron chi connectivity index (χ1n) is 8.51. The molecule has 0 fully saturated rings. The van der Waals surface area contributed by atoms with E-state index in [-0.39, 0.29) is 40.4 Å². The molecule has 1 aromatic carbocycles. The quantitative estimate of drug-likeness (QED) is 0.409. The maximum atomic E-state index is 12.7. The van der Waals surface area contributed by atoms with Crippen LogP contribution in [-0.2, 0) is 19.1 Å². The van der Waals surface area contributed by atoms with Gasteiger partial charge in [0.2, 0.25) is 0 Å². The van der Waals surface area contributed by atoms with E-state index in [1.165, 1.54) is 38.1 Å². The summed E-state index contributed by atoms with van der Waals surface area (Å²) >= 11 is 0. The van der Waals surface area contributed by atoms with Gasteiger partial charge in [-0.1, -0.05) is 12.1 Å². The molecule has 2 unspecified atom stereocenters. The van der Waals surface area contributed by atoms with Gasteiger partial charge in [-0.15, -0.1) is 0 Å². The number of nitrogens with one attached hydrogen (secondary N) is 1. The molecule has 2 rings (SSSR count). The van der Waals surface area contributed by atoms with Gasteiger partial charge in [0, 0.05) is 17.8 Å². The van der Waals surface area contributed by atoms with Crippen molar-refractivity contribution in [2.45, 2.75) is 25.9 Å². The Morgan fingerprint density at radius 2 is 2.07 bits per heavy atom. The molecule has 0 saturated carbocycles. The Hall–Kier alpha value is -3.71. The average Bonchev–Trinajstić information content (AvgIpc) is 2.70. The molecule has 0 spiro atoms. The fourth-order valence-electron chi connectivity index (χ4n) is 2.94. The summed E-state index contributed by atoms with van der Waals surface area (Å²) < 4.78 is 9.87. The number of nitro groups is 1. The van der Waals surface area contributed by atoms with Crippen molar-refractivity contribution >= 4 is 17.6 Å². The van der Waals surface area contributed by atoms with E-state index in [4.69, 9.17) is 9.47 Å². The fraction of sp³-hybridized carbons (Fsp3) is 0.316. The van der Waals surface area contributed by atoms with Crippen molar-refractivity contribution in [3.8, 4) is 6.07 Å². The smallest absolute Gasteiger partial charge is 0.337 e. The number of benzene rings is 1. The van der Waals surface area contributed by atoms with Crippen LogP contribution in [0.15, 0.2) is 46.8 Å². The first-order chi connectivity index (χ1) is 13.7. The Bertz CT molecular complexity index is 957. The zero-order chi connectivity index (χ0) is 21.7. The van der Waals surface area contributed by atoms with Crippen molar-refractivity contribution in [1.29, 1.82) is 5.26 Å². The summed E-state index contributed by atoms with van der Waals surface area (Å²) in [4.78, 5) is 35.8. The molecular weight excluding hydrogens is 382 g/mol. The van der Waals surface area contributed by atoms with Crippen molar-refractivity contribution in [3.63, 3.8) is 0 Å². The Labute approximate surface area is 166 Å². The first-order valence-corrected chi connectivity index (χ1v) is 8.51. The molecule has 10 nitrogen and oxygen atoms in total. The summed E-state index contributed by atoms with van der Waals surface area (Å²) in [5.41, 5.74) is -0.120. The van der Waals surface area contributed by atoms with Crippen LogP contribution in [-0.4, -0.2) is 41.8 Å². The van der Waals surface area contributed by atoms with Gasteiger partial charge >= 0.3 is 11.9 Å². The number of nitrogens with zero attached hydrogens (tertiary/aromatic N) is 2. The summed E-state index contributed by atoms with van der Waals surface area (Å²) in [5, 5.41) is 32.7. The summed E-state index contributed by atoms with van der Waals surface area (Å²) in [6, 6.07) is 7.23. The second-order valence-electron chi connectivity index (χ2n) is 6.29. The molecule has 0 saturated heterocycles. The number of hydrogen-bond donors (Lipinski definition) is 2. The number of esters is 2. The lowest BCUT2D eigenvalue weighted by Crippen LogP contribution is -2.33. The molecule has 0 aromatic heterocycles. The average molecular weight is 401 g/mol. The zero-order valence-electron chi connectivity index (χ0n) is 16.0. The number of rotatable bonds is 6. The summed E-state index contributed by atoms with van der Waals surface area (Å²) in [5.74, 6) is -2.86. The standard InChI is InChI=1S/C19H19N3O7/c1-10(23)9-29-19(25)15-11(2)21-14(8-20)17(18(24)28-3)16(15)12-5-4-6-13(7-12)22(26)27/h4-7,10,16,21,23H,9H2,1-3H3. The number of allylic oxidation sites excluding steroid dienone is 2. The molecule has 0 bridgehead atoms. The molecule has 0 radical (unpaired) electrons. The van der Waals surface area contributed by atoms with Gasteiger partial charge in [0.1, 0.15) is 18.4 Å². The van der Waals surface area contributed by atoms with Gasteiger partial charge in [-0.25, -0.2) is 9.59 Å². The van der Waals surface area contributed by atoms with E-state index in [9.17, 15) is 30.1 Å². The number of carbonyl (C=O) groups is 2. The number of nitro benzene ring substituents is 1. The SMILES string of the molecule is COC(=O)C1=C(C#N)NC(C)=C(C(=O)OCC(C)O)C1c1cccc([N+](=O)[O-])c1. The minimum Gasteiger partial charge on any atom is -0.466 e. The lowest BCUT2D eigenvalue weighted by atomic mass is 9.80. The molecule has 10 heteroatoms. The molecule has 1 heterocycles. The fourth-order valence-corrected chi connectivity index (χ4v) is 2.94. The molecule has 0 aliphatic carbocycles. The largest absolute Gasteiger partial charge is 0.466 e. The number of ether oxygens (including phenoxy) is 2. The monoisotopic (exact) mass is 401 g/mol. The van der Waals surface area contributed by atoms with Gasteiger partial charge in [-0.2, -0.15) is 5.26 Å². The zero-order valence-corrected chi connectivity index (χ0v) is 16.0. The van der Waals surface area contributed by atoms with Crippen LogP contribution >= 0.6 is 0 Å². The van der Waals surface area contributed by atoms with E-state index in [1.54, 1.807) is 0 Å². The number of nitriles is 1. The highest BCUT2D eigenvalue weighted by atomic mass is 16.6. The predicted octanol–water partition coefficient (Wildman–Crippen LogP) is 1.43. The third-order valence-electron chi connectivity index (χ3n) is 4.17. The van der Waals surface area contributed by atoms with Crippen molar-refractivity contribution in [2.24, 2.45) is 0 Å². The van der Waals surface area contributed by atoms with Crippen LogP contribution in [0.2, 0.25) is 0 Å². The van der Waals surface area contributed by atoms with Crippen LogP contribution < -0.4 is 5.32 Å². The van der Waals surface area contributed by atoms with E-state index in [2.05, 4.69) is 5.32 Å². The minimum atomic E-state index is -1.14. The van der Waals surface area contributed by atoms with E-state index in [1.807, 2.05) is 6.07 Å². The molecule has 2 N–H and O–H groups in total. The minimum absolute atomic E-state index is 0.0226. The third-order valence-corrected chi connectivity index (χ3v) is 4.17. The molecule has 0 amide bonds. The van der Waals surface area contributed by atoms with Crippen molar-refractivity contribution in [1.82, 2.24) is 5.32 Å². The Kier molecular flexibility index (Phi) is 6.69. The van der Waals surface area contributed by atoms with Gasteiger partial charge in [-0.05, 0) is 19.4 Å². The van der Waals surface area contributed by atoms with Gasteiger partial charge in [0.25, 0.3) is 5.69 Å². The van der Waals surface area contributed by atoms with Gasteiger partial charge in [0.05, 0.1) is 35.2 Å². The third kappa shape index (κ3) is 4.59. The normalized spacial score (nSPS) is 17.1. The van der Waals surface area contributed by atoms with Crippen LogP contribution in [0, 0.1) is 21.4 Å². The number of hydrogen-bond acceptors (Lipinski definition) is 9. The Morgan fingerprint density at radius 1 is 1.38 bits per heavy atom. The summed E-state index contributed by atoms with van der Waals surface area (Å²) in [6.07, 6.45) is -0.919. The van der Waals surface area contributed by atoms with Gasteiger partial charge in [-0.3, -0.25) is 10.1 Å². The maximum absolute atomic E-state index is 12.7. The van der Waals surface area contributed by atoms with Crippen LogP contribution in [0.5, 0.6) is 0 Å². The number of carbonyl (C=O) groups excluding carboxylic acids is 2. The summed E-state index contributed by atoms with van der Waals surface area (Å²) in [6.45, 7) is 2.65. The Morgan fingerprint density at radius 3 is 2.62 bits per heavy atom. The lowest BCUT2D eigenvalue weighted by molar-refractivity contribution is -0.384. The topological polar surface area (TPSA) is 152 Å². The highest BCUT2D eigenvalue weighted by Crippen LogP contribution is 2.40. The molecule has 1 aliphatic heterocycles. The van der Waals surface area contributed by atoms with Crippen molar-refractivity contribution in [3.05, 3.63) is 62.5 Å². The van der Waals surface area contributed by atoms with Crippen molar-refractivity contribution < 1.29 is 29.1 Å². The maximum Gasteiger partial charge on any atom is 0.337 e. The van der Waals surface area contributed by atoms with Gasteiger partial charge < -0.3 is 19.9 Å². The number of non-ortho nitro benzene ring substituents is 1. The van der Waals surface area contributed by atoms with Crippen LogP contribution in [0.3, 0.4) is 0 Å². The van der Waals surface area contributed by atoms with E-state index >= 15 is 0 Å². The van der Waals surface area contributed by atoms with Crippen LogP contribution in [0.1, 0.15) is 25.3 Å². The first kappa shape index (κ1) is 21.6. The van der Waals surface area contributed by atoms with E-state index < -0.39 is 28.9 Å².